The van der Waals surface area contributed by atoms with Gasteiger partial charge in [0.2, 0.25) is 0 Å². The second-order valence-electron chi connectivity index (χ2n) is 5.97. The Morgan fingerprint density at radius 1 is 0.893 bits per heavy atom. The minimum absolute atomic E-state index is 0.0554. The van der Waals surface area contributed by atoms with Gasteiger partial charge in [0, 0.05) is 18.3 Å². The molecule has 3 aromatic carbocycles. The predicted molar refractivity (Wildman–Crippen MR) is 106 cm³/mol. The van der Waals surface area contributed by atoms with E-state index in [1.165, 1.54) is 36.4 Å². The average molecular weight is 399 g/mol. The first-order chi connectivity index (χ1) is 13.3. The highest BCUT2D eigenvalue weighted by Crippen LogP contribution is 2.17. The topological polar surface area (TPSA) is 78.5 Å². The zero-order chi connectivity index (χ0) is 20.1. The van der Waals surface area contributed by atoms with Crippen molar-refractivity contribution >= 4 is 27.3 Å². The van der Waals surface area contributed by atoms with Crippen LogP contribution in [0.4, 0.5) is 15.8 Å². The van der Waals surface area contributed by atoms with E-state index in [4.69, 9.17) is 0 Å². The standard InChI is InChI=1S/C20H18FN3O3S/c1-24(18-5-3-2-4-6-18)22-20(25)15-7-11-17(12-8-15)23-28(26,27)19-13-9-16(21)10-14-19/h2-14,23H,1H3,(H,22,25). The van der Waals surface area contributed by atoms with Gasteiger partial charge in [-0.1, -0.05) is 18.2 Å². The number of carbonyl (C=O) groups excluding carboxylic acids is 1. The van der Waals surface area contributed by atoms with Gasteiger partial charge in [-0.05, 0) is 60.7 Å². The highest BCUT2D eigenvalue weighted by molar-refractivity contribution is 7.92. The molecule has 8 heteroatoms. The highest BCUT2D eigenvalue weighted by Gasteiger charge is 2.15. The zero-order valence-electron chi connectivity index (χ0n) is 15.0. The summed E-state index contributed by atoms with van der Waals surface area (Å²) in [6.07, 6.45) is 0. The van der Waals surface area contributed by atoms with Crippen molar-refractivity contribution in [2.75, 3.05) is 16.8 Å². The molecular formula is C20H18FN3O3S. The molecule has 144 valence electrons. The maximum atomic E-state index is 13.0. The Morgan fingerprint density at radius 2 is 1.50 bits per heavy atom. The van der Waals surface area contributed by atoms with Gasteiger partial charge in [0.15, 0.2) is 0 Å². The van der Waals surface area contributed by atoms with E-state index in [1.807, 2.05) is 30.3 Å². The number of halogens is 1. The number of carbonyl (C=O) groups is 1. The molecule has 0 spiro atoms. The van der Waals surface area contributed by atoms with Crippen molar-refractivity contribution in [1.29, 1.82) is 0 Å². The van der Waals surface area contributed by atoms with Crippen molar-refractivity contribution in [1.82, 2.24) is 5.43 Å². The maximum Gasteiger partial charge on any atom is 0.269 e. The summed E-state index contributed by atoms with van der Waals surface area (Å²) < 4.78 is 40.0. The van der Waals surface area contributed by atoms with Crippen LogP contribution in [0.1, 0.15) is 10.4 Å². The Balaban J connectivity index is 1.67. The lowest BCUT2D eigenvalue weighted by Gasteiger charge is -2.20. The molecule has 0 aliphatic carbocycles. The molecule has 0 fully saturated rings. The number of benzene rings is 3. The quantitative estimate of drug-likeness (QED) is 0.623. The number of rotatable bonds is 6. The maximum absolute atomic E-state index is 13.0. The number of hydrazine groups is 1. The molecule has 0 saturated heterocycles. The van der Waals surface area contributed by atoms with Gasteiger partial charge in [0.05, 0.1) is 10.6 Å². The van der Waals surface area contributed by atoms with Crippen LogP contribution in [0.15, 0.2) is 83.8 Å². The van der Waals surface area contributed by atoms with Crippen LogP contribution in [-0.4, -0.2) is 21.4 Å². The molecule has 0 aliphatic heterocycles. The molecule has 0 aliphatic rings. The fourth-order valence-corrected chi connectivity index (χ4v) is 3.51. The number of nitrogens with zero attached hydrogens (tertiary/aromatic N) is 1. The molecule has 3 rings (SSSR count). The van der Waals surface area contributed by atoms with E-state index < -0.39 is 15.8 Å². The molecule has 3 aromatic rings. The van der Waals surface area contributed by atoms with Crippen LogP contribution in [-0.2, 0) is 10.0 Å². The molecule has 28 heavy (non-hydrogen) atoms. The van der Waals surface area contributed by atoms with Crippen LogP contribution >= 0.6 is 0 Å². The Hall–Kier alpha value is -3.39. The van der Waals surface area contributed by atoms with Crippen molar-refractivity contribution in [2.24, 2.45) is 0 Å². The number of nitrogens with one attached hydrogen (secondary N) is 2. The van der Waals surface area contributed by atoms with Crippen molar-refractivity contribution in [3.05, 3.63) is 90.2 Å². The number of para-hydroxylation sites is 1. The summed E-state index contributed by atoms with van der Waals surface area (Å²) >= 11 is 0. The third kappa shape index (κ3) is 4.66. The average Bonchev–Trinajstić information content (AvgIpc) is 2.69. The monoisotopic (exact) mass is 399 g/mol. The summed E-state index contributed by atoms with van der Waals surface area (Å²) in [5.41, 5.74) is 4.21. The SMILES string of the molecule is CN(NC(=O)c1ccc(NS(=O)(=O)c2ccc(F)cc2)cc1)c1ccccc1. The van der Waals surface area contributed by atoms with Crippen LogP contribution in [0, 0.1) is 5.82 Å². The van der Waals surface area contributed by atoms with Gasteiger partial charge in [0.1, 0.15) is 5.82 Å². The largest absolute Gasteiger partial charge is 0.288 e. The lowest BCUT2D eigenvalue weighted by atomic mass is 10.2. The van der Waals surface area contributed by atoms with E-state index in [0.717, 1.165) is 17.8 Å². The van der Waals surface area contributed by atoms with Gasteiger partial charge >= 0.3 is 0 Å². The van der Waals surface area contributed by atoms with Crippen LogP contribution in [0.2, 0.25) is 0 Å². The van der Waals surface area contributed by atoms with E-state index in [9.17, 15) is 17.6 Å². The second-order valence-corrected chi connectivity index (χ2v) is 7.65. The molecule has 2 N–H and O–H groups in total. The molecule has 6 nitrogen and oxygen atoms in total. The van der Waals surface area contributed by atoms with Crippen molar-refractivity contribution in [2.45, 2.75) is 4.90 Å². The lowest BCUT2D eigenvalue weighted by Crippen LogP contribution is -2.39. The third-order valence-electron chi connectivity index (χ3n) is 3.94. The Labute approximate surface area is 162 Å². The van der Waals surface area contributed by atoms with Gasteiger partial charge in [-0.15, -0.1) is 0 Å². The second kappa shape index (κ2) is 8.10. The predicted octanol–water partition coefficient (Wildman–Crippen LogP) is 3.41. The summed E-state index contributed by atoms with van der Waals surface area (Å²) in [5, 5.41) is 1.59. The summed E-state index contributed by atoms with van der Waals surface area (Å²) in [7, 11) is -2.12. The van der Waals surface area contributed by atoms with E-state index in [2.05, 4.69) is 10.1 Å². The molecule has 0 aromatic heterocycles. The minimum atomic E-state index is -3.84. The van der Waals surface area contributed by atoms with Crippen molar-refractivity contribution < 1.29 is 17.6 Å². The van der Waals surface area contributed by atoms with Crippen molar-refractivity contribution in [3.8, 4) is 0 Å². The van der Waals surface area contributed by atoms with E-state index in [0.29, 0.717) is 5.56 Å². The Kier molecular flexibility index (Phi) is 5.60. The molecule has 0 unspecified atom stereocenters. The van der Waals surface area contributed by atoms with Crippen LogP contribution in [0.5, 0.6) is 0 Å². The summed E-state index contributed by atoms with van der Waals surface area (Å²) in [5.74, 6) is -0.853. The summed E-state index contributed by atoms with van der Waals surface area (Å²) in [4.78, 5) is 12.3. The minimum Gasteiger partial charge on any atom is -0.288 e. The highest BCUT2D eigenvalue weighted by atomic mass is 32.2. The normalized spacial score (nSPS) is 10.9. The summed E-state index contributed by atoms with van der Waals surface area (Å²) in [6, 6.07) is 19.8. The molecule has 1 amide bonds. The van der Waals surface area contributed by atoms with E-state index in [-0.39, 0.29) is 16.5 Å². The number of sulfonamides is 1. The molecule has 0 atom stereocenters. The number of hydrogen-bond acceptors (Lipinski definition) is 4. The van der Waals surface area contributed by atoms with Crippen LogP contribution < -0.4 is 15.2 Å². The Morgan fingerprint density at radius 3 is 2.11 bits per heavy atom. The first kappa shape index (κ1) is 19.4. The number of hydrogen-bond donors (Lipinski definition) is 2. The molecule has 0 saturated carbocycles. The Bertz CT molecular complexity index is 1050. The van der Waals surface area contributed by atoms with Gasteiger partial charge in [-0.25, -0.2) is 12.8 Å². The fourth-order valence-electron chi connectivity index (χ4n) is 2.45. The first-order valence-corrected chi connectivity index (χ1v) is 9.82. The van der Waals surface area contributed by atoms with Gasteiger partial charge in [0.25, 0.3) is 15.9 Å². The summed E-state index contributed by atoms with van der Waals surface area (Å²) in [6.45, 7) is 0. The van der Waals surface area contributed by atoms with Crippen LogP contribution in [0.25, 0.3) is 0 Å². The molecule has 0 bridgehead atoms. The van der Waals surface area contributed by atoms with E-state index >= 15 is 0 Å². The van der Waals surface area contributed by atoms with Crippen LogP contribution in [0.3, 0.4) is 0 Å². The van der Waals surface area contributed by atoms with Gasteiger partial charge < -0.3 is 0 Å². The zero-order valence-corrected chi connectivity index (χ0v) is 15.8. The molecule has 0 heterocycles. The van der Waals surface area contributed by atoms with Gasteiger partial charge in [-0.3, -0.25) is 20.0 Å². The molecular weight excluding hydrogens is 381 g/mol. The third-order valence-corrected chi connectivity index (χ3v) is 5.33. The lowest BCUT2D eigenvalue weighted by molar-refractivity contribution is 0.0951. The molecule has 0 radical (unpaired) electrons. The number of anilines is 2. The first-order valence-electron chi connectivity index (χ1n) is 8.33. The fraction of sp³-hybridized carbons (Fsp3) is 0.0500. The number of amides is 1. The van der Waals surface area contributed by atoms with E-state index in [1.54, 1.807) is 12.1 Å². The van der Waals surface area contributed by atoms with Gasteiger partial charge in [-0.2, -0.15) is 0 Å². The smallest absolute Gasteiger partial charge is 0.269 e. The van der Waals surface area contributed by atoms with Crippen molar-refractivity contribution in [3.63, 3.8) is 0 Å².